The van der Waals surface area contributed by atoms with Gasteiger partial charge in [0, 0.05) is 21.8 Å². The second-order valence-corrected chi connectivity index (χ2v) is 5.59. The predicted molar refractivity (Wildman–Crippen MR) is 72.8 cm³/mol. The van der Waals surface area contributed by atoms with Gasteiger partial charge >= 0.3 is 0 Å². The highest BCUT2D eigenvalue weighted by atomic mass is 35.5. The first kappa shape index (κ1) is 14.0. The molecule has 0 unspecified atom stereocenters. The fraction of sp³-hybridized carbons (Fsp3) is 0.500. The van der Waals surface area contributed by atoms with Gasteiger partial charge in [0.2, 0.25) is 6.54 Å². The molecule has 0 saturated heterocycles. The van der Waals surface area contributed by atoms with Gasteiger partial charge in [-0.25, -0.2) is 0 Å². The Morgan fingerprint density at radius 3 is 2.74 bits per heavy atom. The van der Waals surface area contributed by atoms with Crippen LogP contribution >= 0.6 is 11.6 Å². The lowest BCUT2D eigenvalue weighted by molar-refractivity contribution is -0.490. The Bertz CT molecular complexity index is 474. The number of nitrogens with zero attached hydrogens (tertiary/aromatic N) is 1. The topological polar surface area (TPSA) is 60.2 Å². The lowest BCUT2D eigenvalue weighted by Gasteiger charge is -2.19. The van der Waals surface area contributed by atoms with E-state index in [1.54, 1.807) is 6.07 Å². The molecular formula is C14H16ClNO3. The zero-order valence-electron chi connectivity index (χ0n) is 10.5. The van der Waals surface area contributed by atoms with E-state index in [9.17, 15) is 14.9 Å². The fourth-order valence-corrected chi connectivity index (χ4v) is 2.78. The predicted octanol–water partition coefficient (Wildman–Crippen LogP) is 3.00. The Balaban J connectivity index is 2.09. The van der Waals surface area contributed by atoms with E-state index in [-0.39, 0.29) is 23.3 Å². The van der Waals surface area contributed by atoms with Gasteiger partial charge < -0.3 is 4.79 Å². The Morgan fingerprint density at radius 1 is 1.47 bits per heavy atom. The van der Waals surface area contributed by atoms with Crippen LogP contribution in [0.3, 0.4) is 0 Å². The molecule has 0 amide bonds. The summed E-state index contributed by atoms with van der Waals surface area (Å²) in [7, 11) is 0. The minimum Gasteiger partial charge on any atom is -0.303 e. The molecule has 2 atom stereocenters. The molecule has 0 aromatic heterocycles. The van der Waals surface area contributed by atoms with E-state index in [0.717, 1.165) is 24.7 Å². The monoisotopic (exact) mass is 281 g/mol. The Kier molecular flexibility index (Phi) is 4.53. The smallest absolute Gasteiger partial charge is 0.207 e. The average Bonchev–Trinajstić information content (AvgIpc) is 3.17. The highest BCUT2D eigenvalue weighted by Gasteiger charge is 2.39. The van der Waals surface area contributed by atoms with Gasteiger partial charge in [0.25, 0.3) is 0 Å². The normalized spacial score (nSPS) is 17.7. The van der Waals surface area contributed by atoms with E-state index in [0.29, 0.717) is 17.4 Å². The van der Waals surface area contributed by atoms with Crippen molar-refractivity contribution in [2.45, 2.75) is 19.3 Å². The van der Waals surface area contributed by atoms with Crippen LogP contribution in [0.5, 0.6) is 0 Å². The van der Waals surface area contributed by atoms with Crippen LogP contribution in [0, 0.1) is 27.9 Å². The quantitative estimate of drug-likeness (QED) is 0.438. The SMILES string of the molecule is O=C[C@@H](Cc1cccc(Cl)c1)[C@H](C[N+](=O)[O-])C1CC1. The molecule has 5 heteroatoms. The number of aldehydes is 1. The highest BCUT2D eigenvalue weighted by Crippen LogP contribution is 2.41. The van der Waals surface area contributed by atoms with Crippen LogP contribution in [0.2, 0.25) is 5.02 Å². The summed E-state index contributed by atoms with van der Waals surface area (Å²) in [5, 5.41) is 11.4. The molecule has 0 N–H and O–H groups in total. The van der Waals surface area contributed by atoms with E-state index < -0.39 is 0 Å². The number of nitro groups is 1. The maximum absolute atomic E-state index is 11.3. The lowest BCUT2D eigenvalue weighted by atomic mass is 9.84. The molecule has 0 aliphatic heterocycles. The van der Waals surface area contributed by atoms with Crippen LogP contribution in [0.15, 0.2) is 24.3 Å². The van der Waals surface area contributed by atoms with Crippen molar-refractivity contribution in [3.63, 3.8) is 0 Å². The third kappa shape index (κ3) is 4.03. The van der Waals surface area contributed by atoms with Crippen LogP contribution in [-0.2, 0) is 11.2 Å². The summed E-state index contributed by atoms with van der Waals surface area (Å²) < 4.78 is 0. The van der Waals surface area contributed by atoms with Gasteiger partial charge in [0.15, 0.2) is 0 Å². The third-order valence-electron chi connectivity index (χ3n) is 3.67. The highest BCUT2D eigenvalue weighted by molar-refractivity contribution is 6.30. The molecule has 102 valence electrons. The first-order valence-corrected chi connectivity index (χ1v) is 6.79. The molecule has 0 radical (unpaired) electrons. The van der Waals surface area contributed by atoms with Gasteiger partial charge in [0.05, 0.1) is 0 Å². The molecule has 4 nitrogen and oxygen atoms in total. The van der Waals surface area contributed by atoms with Gasteiger partial charge in [-0.05, 0) is 42.9 Å². The number of benzene rings is 1. The maximum Gasteiger partial charge on any atom is 0.207 e. The van der Waals surface area contributed by atoms with E-state index in [4.69, 9.17) is 11.6 Å². The van der Waals surface area contributed by atoms with E-state index in [1.807, 2.05) is 18.2 Å². The number of halogens is 1. The van der Waals surface area contributed by atoms with Crippen LogP contribution in [0.4, 0.5) is 0 Å². The molecule has 1 aliphatic rings. The van der Waals surface area contributed by atoms with Crippen molar-refractivity contribution in [3.05, 3.63) is 45.0 Å². The van der Waals surface area contributed by atoms with Gasteiger partial charge in [-0.15, -0.1) is 0 Å². The van der Waals surface area contributed by atoms with Crippen LogP contribution < -0.4 is 0 Å². The Labute approximate surface area is 116 Å². The van der Waals surface area contributed by atoms with Crippen molar-refractivity contribution in [2.24, 2.45) is 17.8 Å². The lowest BCUT2D eigenvalue weighted by Crippen LogP contribution is -2.27. The molecule has 1 aliphatic carbocycles. The summed E-state index contributed by atoms with van der Waals surface area (Å²) in [6.45, 7) is -0.116. The summed E-state index contributed by atoms with van der Waals surface area (Å²) >= 11 is 5.91. The average molecular weight is 282 g/mol. The van der Waals surface area contributed by atoms with Crippen molar-refractivity contribution in [3.8, 4) is 0 Å². The molecular weight excluding hydrogens is 266 g/mol. The third-order valence-corrected chi connectivity index (χ3v) is 3.91. The van der Waals surface area contributed by atoms with Gasteiger partial charge in [0.1, 0.15) is 6.29 Å². The van der Waals surface area contributed by atoms with Crippen molar-refractivity contribution >= 4 is 17.9 Å². The maximum atomic E-state index is 11.3. The van der Waals surface area contributed by atoms with Crippen molar-refractivity contribution in [1.29, 1.82) is 0 Å². The number of hydrogen-bond acceptors (Lipinski definition) is 3. The Morgan fingerprint density at radius 2 is 2.21 bits per heavy atom. The molecule has 1 fully saturated rings. The van der Waals surface area contributed by atoms with Crippen molar-refractivity contribution < 1.29 is 9.72 Å². The summed E-state index contributed by atoms with van der Waals surface area (Å²) in [6, 6.07) is 7.32. The zero-order valence-corrected chi connectivity index (χ0v) is 11.3. The summed E-state index contributed by atoms with van der Waals surface area (Å²) in [5.74, 6) is -0.109. The van der Waals surface area contributed by atoms with E-state index in [1.165, 1.54) is 0 Å². The van der Waals surface area contributed by atoms with Gasteiger partial charge in [-0.1, -0.05) is 23.7 Å². The zero-order chi connectivity index (χ0) is 13.8. The minimum atomic E-state index is -0.308. The molecule has 0 spiro atoms. The first-order chi connectivity index (χ1) is 9.10. The van der Waals surface area contributed by atoms with Crippen LogP contribution in [0.25, 0.3) is 0 Å². The van der Waals surface area contributed by atoms with E-state index in [2.05, 4.69) is 0 Å². The van der Waals surface area contributed by atoms with Gasteiger partial charge in [-0.2, -0.15) is 0 Å². The minimum absolute atomic E-state index is 0.116. The number of rotatable bonds is 7. The summed E-state index contributed by atoms with van der Waals surface area (Å²) in [5.41, 5.74) is 0.957. The Hall–Kier alpha value is -1.42. The molecule has 0 heterocycles. The van der Waals surface area contributed by atoms with Gasteiger partial charge in [-0.3, -0.25) is 10.1 Å². The molecule has 0 bridgehead atoms. The first-order valence-electron chi connectivity index (χ1n) is 6.41. The standard InChI is InChI=1S/C14H16ClNO3/c15-13-3-1-2-10(7-13)6-12(9-17)14(8-16(18)19)11-4-5-11/h1-3,7,9,11-12,14H,4-6,8H2/t12-,14-/m1/s1. The van der Waals surface area contributed by atoms with E-state index >= 15 is 0 Å². The second-order valence-electron chi connectivity index (χ2n) is 5.15. The molecule has 2 rings (SSSR count). The molecule has 1 aromatic carbocycles. The number of hydrogen-bond donors (Lipinski definition) is 0. The number of carbonyl (C=O) groups is 1. The number of carbonyl (C=O) groups excluding carboxylic acids is 1. The van der Waals surface area contributed by atoms with Crippen molar-refractivity contribution in [1.82, 2.24) is 0 Å². The molecule has 1 aromatic rings. The summed E-state index contributed by atoms with van der Waals surface area (Å²) in [6.07, 6.45) is 3.39. The fourth-order valence-electron chi connectivity index (χ4n) is 2.57. The van der Waals surface area contributed by atoms with Crippen molar-refractivity contribution in [2.75, 3.05) is 6.54 Å². The van der Waals surface area contributed by atoms with Crippen LogP contribution in [-0.4, -0.2) is 17.8 Å². The molecule has 19 heavy (non-hydrogen) atoms. The largest absolute Gasteiger partial charge is 0.303 e. The summed E-state index contributed by atoms with van der Waals surface area (Å²) in [4.78, 5) is 21.7. The molecule has 1 saturated carbocycles. The second kappa shape index (κ2) is 6.15. The van der Waals surface area contributed by atoms with Crippen LogP contribution in [0.1, 0.15) is 18.4 Å².